The molecule has 12 atom stereocenters. The average Bonchev–Trinajstić information content (AvgIpc) is 2.62. The number of aliphatic hydroxyl groups is 1. The van der Waals surface area contributed by atoms with Crippen molar-refractivity contribution in [3.63, 3.8) is 0 Å². The Kier molecular flexibility index (Phi) is 36.3. The Morgan fingerprint density at radius 1 is 0.500 bits per heavy atom. The number of rotatable bonds is 15. The number of aliphatic hydroxyl groups excluding tert-OH is 1. The number of allylic oxidation sites excluding steroid dienone is 2. The van der Waals surface area contributed by atoms with Gasteiger partial charge in [0.25, 0.3) is 0 Å². The number of carbonyl (C=O) groups is 11. The van der Waals surface area contributed by atoms with Gasteiger partial charge in [0.1, 0.15) is 60.4 Å². The van der Waals surface area contributed by atoms with E-state index < -0.39 is 156 Å². The third-order valence-electron chi connectivity index (χ3n) is 16.1. The molecule has 23 nitrogen and oxygen atoms in total. The lowest BCUT2D eigenvalue weighted by molar-refractivity contribution is -0.157. The van der Waals surface area contributed by atoms with Gasteiger partial charge in [-0.15, -0.1) is 0 Å². The quantitative estimate of drug-likeness (QED) is 0.109. The van der Waals surface area contributed by atoms with Gasteiger partial charge < -0.3 is 60.7 Å². The standard InChI is InChI=1S/C62H111N11O12.C2H3I/c1-25-27-28-40(15)52(75)51-56(79)65-43(26-2)58(81)67(18)33-48(74)68(19)44(29-34(3)4)55(78)66-49(38(11)12)61(84)69(20)45(30-35(5)6)54(77)63-41(16)53(76)64-42(17)57(80)70(21)46(31-36(7)8)59(82)71(22)47(32-37(9)10)60(83)72(23)50(39(13)14)62(85)73(51)24;1-2-3/h25,27,34-47,49-52,75H,26,28-33H2,1-24H3,(H,63,77)(H,64,76)(H,65,79)(H,66,78);2H,1H2/b27-25+;/t40-,41+,42-,43+,44+,45+,46+,47+,49+,50+,51+,52-;/m1./s1. The van der Waals surface area contributed by atoms with Crippen LogP contribution in [0.1, 0.15) is 156 Å². The van der Waals surface area contributed by atoms with Gasteiger partial charge in [-0.1, -0.05) is 138 Å². The van der Waals surface area contributed by atoms with Crippen LogP contribution in [0.25, 0.3) is 0 Å². The lowest BCUT2D eigenvalue weighted by Gasteiger charge is -2.41. The van der Waals surface area contributed by atoms with Crippen molar-refractivity contribution in [3.8, 4) is 0 Å². The highest BCUT2D eigenvalue weighted by atomic mass is 127. The van der Waals surface area contributed by atoms with Crippen LogP contribution in [-0.2, 0) is 52.7 Å². The van der Waals surface area contributed by atoms with Crippen LogP contribution in [0.3, 0.4) is 0 Å². The Hall–Kier alpha value is -5.66. The van der Waals surface area contributed by atoms with Crippen molar-refractivity contribution in [2.75, 3.05) is 55.9 Å². The summed E-state index contributed by atoms with van der Waals surface area (Å²) in [5.41, 5.74) is 0. The lowest BCUT2D eigenvalue weighted by atomic mass is 9.91. The number of nitrogens with one attached hydrogen (secondary N) is 4. The lowest BCUT2D eigenvalue weighted by Crippen LogP contribution is -2.63. The predicted octanol–water partition coefficient (Wildman–Crippen LogP) is 4.83. The Bertz CT molecular complexity index is 2380. The smallest absolute Gasteiger partial charge is 0.246 e. The minimum Gasteiger partial charge on any atom is -0.390 e. The second-order valence-corrected chi connectivity index (χ2v) is 27.1. The van der Waals surface area contributed by atoms with Gasteiger partial charge >= 0.3 is 0 Å². The zero-order valence-electron chi connectivity index (χ0n) is 57.7. The van der Waals surface area contributed by atoms with Gasteiger partial charge in [-0.25, -0.2) is 0 Å². The molecule has 11 amide bonds. The summed E-state index contributed by atoms with van der Waals surface area (Å²) in [6.07, 6.45) is 3.04. The molecule has 0 aromatic rings. The number of hydrogen-bond acceptors (Lipinski definition) is 12. The monoisotopic (exact) mass is 1360 g/mol. The Morgan fingerprint density at radius 2 is 0.898 bits per heavy atom. The Labute approximate surface area is 541 Å². The van der Waals surface area contributed by atoms with Gasteiger partial charge in [0.2, 0.25) is 65.0 Å². The Morgan fingerprint density at radius 3 is 1.33 bits per heavy atom. The van der Waals surface area contributed by atoms with E-state index in [0.717, 1.165) is 9.80 Å². The summed E-state index contributed by atoms with van der Waals surface area (Å²) in [4.78, 5) is 169. The van der Waals surface area contributed by atoms with Crippen LogP contribution in [0.5, 0.6) is 0 Å². The highest BCUT2D eigenvalue weighted by Gasteiger charge is 2.45. The van der Waals surface area contributed by atoms with Crippen LogP contribution in [0.15, 0.2) is 22.8 Å². The summed E-state index contributed by atoms with van der Waals surface area (Å²) in [6.45, 7) is 32.7. The first-order chi connectivity index (χ1) is 40.6. The Balaban J connectivity index is 0.0000247. The van der Waals surface area contributed by atoms with Crippen molar-refractivity contribution < 1.29 is 57.8 Å². The highest BCUT2D eigenvalue weighted by Crippen LogP contribution is 2.26. The van der Waals surface area contributed by atoms with Crippen LogP contribution in [0.2, 0.25) is 0 Å². The molecule has 88 heavy (non-hydrogen) atoms. The molecule has 0 saturated carbocycles. The first kappa shape index (κ1) is 82.3. The van der Waals surface area contributed by atoms with Crippen molar-refractivity contribution in [1.82, 2.24) is 55.6 Å². The summed E-state index contributed by atoms with van der Waals surface area (Å²) in [5.74, 6) is -9.71. The van der Waals surface area contributed by atoms with E-state index in [-0.39, 0.29) is 55.8 Å². The summed E-state index contributed by atoms with van der Waals surface area (Å²) in [5, 5.41) is 23.1. The molecule has 1 saturated heterocycles. The minimum absolute atomic E-state index is 0.0229. The average molecular weight is 1360 g/mol. The predicted molar refractivity (Wildman–Crippen MR) is 353 cm³/mol. The normalized spacial score (nSPS) is 26.1. The van der Waals surface area contributed by atoms with E-state index in [1.165, 1.54) is 87.7 Å². The van der Waals surface area contributed by atoms with Crippen LogP contribution in [0.4, 0.5) is 0 Å². The molecule has 0 aromatic heterocycles. The maximum absolute atomic E-state index is 15.1. The second kappa shape index (κ2) is 38.8. The largest absolute Gasteiger partial charge is 0.390 e. The highest BCUT2D eigenvalue weighted by molar-refractivity contribution is 14.1. The van der Waals surface area contributed by atoms with Gasteiger partial charge in [-0.3, -0.25) is 52.7 Å². The third-order valence-corrected chi connectivity index (χ3v) is 16.1. The van der Waals surface area contributed by atoms with Crippen LogP contribution in [0, 0.1) is 41.4 Å². The van der Waals surface area contributed by atoms with Crippen molar-refractivity contribution in [3.05, 3.63) is 22.8 Å². The molecule has 0 aromatic carbocycles. The maximum atomic E-state index is 15.1. The molecule has 1 fully saturated rings. The molecule has 504 valence electrons. The zero-order chi connectivity index (χ0) is 68.7. The van der Waals surface area contributed by atoms with Crippen molar-refractivity contribution in [1.29, 1.82) is 0 Å². The van der Waals surface area contributed by atoms with Crippen LogP contribution in [-0.4, -0.2) is 227 Å². The minimum atomic E-state index is -1.61. The molecular weight excluding hydrogens is 1240 g/mol. The zero-order valence-corrected chi connectivity index (χ0v) is 59.9. The number of halogens is 1. The molecule has 0 aliphatic carbocycles. The number of carbonyl (C=O) groups excluding carboxylic acids is 11. The van der Waals surface area contributed by atoms with E-state index in [1.54, 1.807) is 58.6 Å². The number of nitrogens with zero attached hydrogens (tertiary/aromatic N) is 7. The first-order valence-corrected chi connectivity index (χ1v) is 32.4. The molecule has 0 spiro atoms. The molecule has 0 bridgehead atoms. The summed E-state index contributed by atoms with van der Waals surface area (Å²) < 4.78 is 1.72. The van der Waals surface area contributed by atoms with Gasteiger partial charge in [-0.2, -0.15) is 0 Å². The van der Waals surface area contributed by atoms with E-state index in [4.69, 9.17) is 0 Å². The van der Waals surface area contributed by atoms with Crippen LogP contribution < -0.4 is 21.3 Å². The number of amides is 11. The van der Waals surface area contributed by atoms with Gasteiger partial charge in [-0.05, 0) is 105 Å². The fourth-order valence-electron chi connectivity index (χ4n) is 10.7. The van der Waals surface area contributed by atoms with Crippen molar-refractivity contribution >= 4 is 87.6 Å². The van der Waals surface area contributed by atoms with Gasteiger partial charge in [0.15, 0.2) is 0 Å². The van der Waals surface area contributed by atoms with Gasteiger partial charge in [0, 0.05) is 49.3 Å². The van der Waals surface area contributed by atoms with Crippen molar-refractivity contribution in [2.24, 2.45) is 41.4 Å². The molecule has 1 aliphatic rings. The summed E-state index contributed by atoms with van der Waals surface area (Å²) >= 11 is 2.05. The molecule has 5 N–H and O–H groups in total. The van der Waals surface area contributed by atoms with E-state index >= 15 is 9.59 Å². The van der Waals surface area contributed by atoms with E-state index in [2.05, 4.69) is 50.4 Å². The van der Waals surface area contributed by atoms with Gasteiger partial charge in [0.05, 0.1) is 12.6 Å². The number of hydrogen-bond donors (Lipinski definition) is 5. The van der Waals surface area contributed by atoms with E-state index in [0.29, 0.717) is 6.42 Å². The SMILES string of the molecule is C/C=C/C[C@@H](C)[C@@H](O)[C@H]1C(=O)N[C@@H](CC)C(=O)N(C)CC(=O)N(C)[C@@H](CC(C)C)C(=O)N[C@@H](C(C)C)C(=O)N(C)[C@@H](CC(C)C)C(=O)N[C@@H](C)C(=O)N[C@H](C)C(=O)N(C)[C@@H](CC(C)C)C(=O)N(C)[C@@H](CC(C)C)C(=O)N(C)[C@@H](C(C)C)C(=O)N1C.C=CI. The number of likely N-dealkylation sites (N-methyl/N-ethyl adjacent to an activating group) is 7. The summed E-state index contributed by atoms with van der Waals surface area (Å²) in [7, 11) is 9.92. The van der Waals surface area contributed by atoms with E-state index in [9.17, 15) is 48.3 Å². The fourth-order valence-corrected chi connectivity index (χ4v) is 10.7. The molecular formula is C64H114IN11O12. The molecule has 0 radical (unpaired) electrons. The molecule has 1 heterocycles. The third kappa shape index (κ3) is 24.3. The molecule has 1 aliphatic heterocycles. The molecule has 24 heteroatoms. The summed E-state index contributed by atoms with van der Waals surface area (Å²) in [6, 6.07) is -12.3. The van der Waals surface area contributed by atoms with Crippen LogP contribution >= 0.6 is 22.6 Å². The van der Waals surface area contributed by atoms with Crippen molar-refractivity contribution in [2.45, 2.75) is 223 Å². The topological polar surface area (TPSA) is 279 Å². The van der Waals surface area contributed by atoms with E-state index in [1.807, 2.05) is 61.5 Å². The second-order valence-electron chi connectivity index (χ2n) is 26.2. The fraction of sp³-hybridized carbons (Fsp3) is 0.766. The maximum Gasteiger partial charge on any atom is 0.246 e. The first-order valence-electron chi connectivity index (χ1n) is 31.2. The molecule has 1 rings (SSSR count). The molecule has 0 unspecified atom stereocenters.